The van der Waals surface area contributed by atoms with Crippen molar-refractivity contribution in [2.45, 2.75) is 0 Å². The lowest BCUT2D eigenvalue weighted by molar-refractivity contribution is 1.01. The average molecular weight is 1740 g/mol. The van der Waals surface area contributed by atoms with Gasteiger partial charge in [-0.15, -0.1) is 0 Å². The molecule has 0 amide bonds. The third kappa shape index (κ3) is 12.7. The van der Waals surface area contributed by atoms with Gasteiger partial charge >= 0.3 is 0 Å². The van der Waals surface area contributed by atoms with Gasteiger partial charge < -0.3 is 13.7 Å². The first kappa shape index (κ1) is 77.5. The van der Waals surface area contributed by atoms with Gasteiger partial charge in [0.05, 0.1) is 88.4 Å². The zero-order valence-electron chi connectivity index (χ0n) is 73.5. The molecule has 0 aliphatic heterocycles. The highest BCUT2D eigenvalue weighted by Gasteiger charge is 2.25. The van der Waals surface area contributed by atoms with Crippen LogP contribution in [0.1, 0.15) is 0 Å². The topological polar surface area (TPSA) is 94.0 Å². The van der Waals surface area contributed by atoms with Crippen molar-refractivity contribution >= 4 is 174 Å². The lowest BCUT2D eigenvalue weighted by Crippen LogP contribution is -2.03. The Labute approximate surface area is 780 Å². The van der Waals surface area contributed by atoms with Crippen LogP contribution in [0.5, 0.6) is 0 Å². The molecular weight excluding hydrogens is 1660 g/mol. The molecule has 0 aliphatic rings. The molecule has 136 heavy (non-hydrogen) atoms. The molecule has 0 radical (unpaired) electrons. The van der Waals surface area contributed by atoms with Gasteiger partial charge in [-0.2, -0.15) is 0 Å². The summed E-state index contributed by atoms with van der Waals surface area (Å²) in [6.07, 6.45) is 1.91. The zero-order chi connectivity index (χ0) is 89.4. The van der Waals surface area contributed by atoms with Crippen LogP contribution < -0.4 is 0 Å². The molecule has 29 rings (SSSR count). The largest absolute Gasteiger partial charge is 0.309 e. The van der Waals surface area contributed by atoms with E-state index < -0.39 is 0 Å². The Bertz CT molecular complexity index is 9540. The van der Waals surface area contributed by atoms with Crippen molar-refractivity contribution in [1.82, 2.24) is 52.3 Å². The number of aromatic nitrogens is 11. The molecule has 20 aromatic carbocycles. The SMILES string of the molecule is c1ccc(-c2nc(-n3c4ccc(-c5ccc6c(c5)c5ccccc5n6-c5ccccc5)cc4c4c5ccccc5ccc43)nc3ccccc23)cc1.c1ccc(-n2c3ccccc3c3cc(-c4ccc5c(c4)c4ccccc4n5-c4ccc5ccccc5n4)ccc32)cc1.c1ccc(-n2c3ccccc3c3cc(-c4ccc5c(c4)c4ccccc4n5-c4ncc5ccccc5n4)ccc32)cc1. The number of fused-ring (bicyclic) bond motifs is 23. The highest BCUT2D eigenvalue weighted by Crippen LogP contribution is 2.46. The van der Waals surface area contributed by atoms with Crippen LogP contribution in [-0.2, 0) is 0 Å². The van der Waals surface area contributed by atoms with Gasteiger partial charge in [0.2, 0.25) is 11.9 Å². The Morgan fingerprint density at radius 3 is 0.919 bits per heavy atom. The summed E-state index contributed by atoms with van der Waals surface area (Å²) >= 11 is 0. The van der Waals surface area contributed by atoms with Crippen molar-refractivity contribution in [3.63, 3.8) is 0 Å². The molecule has 0 N–H and O–H groups in total. The smallest absolute Gasteiger partial charge is 0.235 e. The van der Waals surface area contributed by atoms with Crippen molar-refractivity contribution in [2.75, 3.05) is 0 Å². The van der Waals surface area contributed by atoms with Gasteiger partial charge in [-0.3, -0.25) is 13.7 Å². The normalized spacial score (nSPS) is 11.8. The van der Waals surface area contributed by atoms with Gasteiger partial charge in [0.25, 0.3) is 0 Å². The van der Waals surface area contributed by atoms with Gasteiger partial charge in [0, 0.05) is 110 Å². The molecule has 9 heterocycles. The summed E-state index contributed by atoms with van der Waals surface area (Å²) in [5, 5.41) is 20.4. The quantitative estimate of drug-likeness (QED) is 0.136. The zero-order valence-corrected chi connectivity index (χ0v) is 73.5. The molecule has 0 saturated heterocycles. The second kappa shape index (κ2) is 31.7. The lowest BCUT2D eigenvalue weighted by Gasteiger charge is -2.12. The summed E-state index contributed by atoms with van der Waals surface area (Å²) in [5.41, 5.74) is 29.4. The third-order valence-corrected chi connectivity index (χ3v) is 27.4. The van der Waals surface area contributed by atoms with Gasteiger partial charge in [-0.05, 0) is 220 Å². The minimum absolute atomic E-state index is 0.663. The molecule has 9 aromatic heterocycles. The van der Waals surface area contributed by atoms with E-state index in [0.29, 0.717) is 11.9 Å². The van der Waals surface area contributed by atoms with E-state index in [9.17, 15) is 0 Å². The van der Waals surface area contributed by atoms with Crippen molar-refractivity contribution < 1.29 is 0 Å². The first-order chi connectivity index (χ1) is 67.5. The Kier molecular flexibility index (Phi) is 18.1. The fourth-order valence-electron chi connectivity index (χ4n) is 21.2. The maximum atomic E-state index is 5.31. The minimum Gasteiger partial charge on any atom is -0.309 e. The van der Waals surface area contributed by atoms with E-state index in [1.165, 1.54) is 153 Å². The summed E-state index contributed by atoms with van der Waals surface area (Å²) in [6.45, 7) is 0. The Morgan fingerprint density at radius 1 is 0.154 bits per heavy atom. The molecule has 0 bridgehead atoms. The fraction of sp³-hybridized carbons (Fsp3) is 0. The minimum atomic E-state index is 0.663. The molecule has 11 heteroatoms. The van der Waals surface area contributed by atoms with E-state index in [2.05, 4.69) is 458 Å². The van der Waals surface area contributed by atoms with E-state index >= 15 is 0 Å². The molecule has 11 nitrogen and oxygen atoms in total. The van der Waals surface area contributed by atoms with Crippen LogP contribution in [-0.4, -0.2) is 52.3 Å². The first-order valence-corrected chi connectivity index (χ1v) is 46.2. The second-order valence-electron chi connectivity index (χ2n) is 35.0. The average Bonchev–Trinajstić information content (AvgIpc) is 1.56. The molecule has 0 fully saturated rings. The lowest BCUT2D eigenvalue weighted by atomic mass is 9.99. The van der Waals surface area contributed by atoms with E-state index in [0.717, 1.165) is 88.6 Å². The molecule has 634 valence electrons. The fourth-order valence-corrected chi connectivity index (χ4v) is 21.2. The van der Waals surface area contributed by atoms with Crippen molar-refractivity contribution in [3.8, 4) is 79.4 Å². The molecule has 0 aliphatic carbocycles. The molecule has 0 unspecified atom stereocenters. The molecule has 29 aromatic rings. The number of benzene rings is 20. The predicted molar refractivity (Wildman–Crippen MR) is 566 cm³/mol. The van der Waals surface area contributed by atoms with Crippen LogP contribution in [0.25, 0.3) is 254 Å². The van der Waals surface area contributed by atoms with Gasteiger partial charge in [0.15, 0.2) is 0 Å². The van der Waals surface area contributed by atoms with E-state index in [4.69, 9.17) is 24.9 Å². The maximum Gasteiger partial charge on any atom is 0.235 e. The molecule has 0 atom stereocenters. The maximum absolute atomic E-state index is 5.31. The van der Waals surface area contributed by atoms with Crippen LogP contribution in [0.3, 0.4) is 0 Å². The summed E-state index contributed by atoms with van der Waals surface area (Å²) in [6, 6.07) is 169. The number of hydrogen-bond donors (Lipinski definition) is 0. The van der Waals surface area contributed by atoms with Crippen LogP contribution >= 0.6 is 0 Å². The number of hydrogen-bond acceptors (Lipinski definition) is 5. The van der Waals surface area contributed by atoms with Gasteiger partial charge in [-0.25, -0.2) is 24.9 Å². The number of rotatable bonds is 10. The van der Waals surface area contributed by atoms with Crippen molar-refractivity contribution in [3.05, 3.63) is 479 Å². The Balaban J connectivity index is 0.000000104. The Hall–Kier alpha value is -18.5. The van der Waals surface area contributed by atoms with Crippen molar-refractivity contribution in [1.29, 1.82) is 0 Å². The predicted octanol–water partition coefficient (Wildman–Crippen LogP) is 31.9. The highest BCUT2D eigenvalue weighted by molar-refractivity contribution is 6.23. The first-order valence-electron chi connectivity index (χ1n) is 46.2. The number of pyridine rings is 1. The standard InChI is InChI=1S/C48H30N4.C39H25N3.C38H24N4/c1-3-14-32(15-4-1)47-38-20-9-11-21-41(38)49-48(50-47)52-44-27-25-34(30-40(44)46-36-18-8-7-13-31(36)23-28-45(46)52)33-24-26-43-39(29-33)37-19-10-12-22-42(37)51(43)35-16-5-2-6-17-35;1-2-11-29(12-3-1)41-35-16-8-5-13-30(35)32-24-27(18-21-37(32)41)28-19-22-38-33(25-28)31-14-6-9-17-36(31)42(38)39-23-20-26-10-4-7-15-34(26)40-39;1-2-11-28(12-3-1)41-34-16-8-5-13-29(34)31-22-25(18-20-36(31)41)26-19-21-37-32(23-26)30-14-6-9-17-35(30)42(37)38-39-24-27-10-4-7-15-33(27)40-38/h1-30H;1-25H;1-24H. The summed E-state index contributed by atoms with van der Waals surface area (Å²) < 4.78 is 13.8. The highest BCUT2D eigenvalue weighted by atomic mass is 15.2. The van der Waals surface area contributed by atoms with Crippen LogP contribution in [0, 0.1) is 0 Å². The van der Waals surface area contributed by atoms with Gasteiger partial charge in [0.1, 0.15) is 5.82 Å². The molecule has 0 saturated carbocycles. The number of para-hydroxylation sites is 11. The molecular formula is C125H79N11. The van der Waals surface area contributed by atoms with E-state index in [1.54, 1.807) is 0 Å². The van der Waals surface area contributed by atoms with E-state index in [1.807, 2.05) is 48.7 Å². The number of nitrogens with zero attached hydrogens (tertiary/aromatic N) is 11. The third-order valence-electron chi connectivity index (χ3n) is 27.4. The van der Waals surface area contributed by atoms with Crippen LogP contribution in [0.4, 0.5) is 0 Å². The molecule has 0 spiro atoms. The summed E-state index contributed by atoms with van der Waals surface area (Å²) in [7, 11) is 0. The monoisotopic (exact) mass is 1730 g/mol. The van der Waals surface area contributed by atoms with Crippen molar-refractivity contribution in [2.24, 2.45) is 0 Å². The summed E-state index contributed by atoms with van der Waals surface area (Å²) in [4.78, 5) is 25.3. The Morgan fingerprint density at radius 2 is 0.456 bits per heavy atom. The van der Waals surface area contributed by atoms with Crippen LogP contribution in [0.2, 0.25) is 0 Å². The van der Waals surface area contributed by atoms with Crippen LogP contribution in [0.15, 0.2) is 479 Å². The second-order valence-corrected chi connectivity index (χ2v) is 35.0. The van der Waals surface area contributed by atoms with Gasteiger partial charge in [-0.1, -0.05) is 297 Å². The van der Waals surface area contributed by atoms with E-state index in [-0.39, 0.29) is 0 Å². The summed E-state index contributed by atoms with van der Waals surface area (Å²) in [5.74, 6) is 2.28.